The van der Waals surface area contributed by atoms with Gasteiger partial charge in [0.05, 0.1) is 13.0 Å². The first kappa shape index (κ1) is 23.7. The minimum Gasteiger partial charge on any atom is -0.469 e. The third-order valence-corrected chi connectivity index (χ3v) is 7.00. The van der Waals surface area contributed by atoms with Gasteiger partial charge in [-0.1, -0.05) is 72.7 Å². The lowest BCUT2D eigenvalue weighted by atomic mass is 9.66. The molecule has 2 aromatic carbocycles. The third kappa shape index (κ3) is 4.91. The van der Waals surface area contributed by atoms with Crippen LogP contribution in [0, 0.1) is 17.8 Å². The molecule has 0 aromatic heterocycles. The molecule has 0 radical (unpaired) electrons. The molecule has 2 aliphatic rings. The highest BCUT2D eigenvalue weighted by Crippen LogP contribution is 2.53. The summed E-state index contributed by atoms with van der Waals surface area (Å²) in [7, 11) is 1.46. The molecule has 4 heteroatoms. The van der Waals surface area contributed by atoms with Crippen molar-refractivity contribution in [3.8, 4) is 5.75 Å². The van der Waals surface area contributed by atoms with Crippen LogP contribution >= 0.6 is 0 Å². The van der Waals surface area contributed by atoms with Crippen molar-refractivity contribution in [3.63, 3.8) is 0 Å². The number of allylic oxidation sites excluding steroid dienone is 4. The summed E-state index contributed by atoms with van der Waals surface area (Å²) in [6, 6.07) is 16.0. The molecule has 0 spiro atoms. The summed E-state index contributed by atoms with van der Waals surface area (Å²) < 4.78 is 10.4. The summed E-state index contributed by atoms with van der Waals surface area (Å²) in [4.78, 5) is 24.2. The molecule has 34 heavy (non-hydrogen) atoms. The molecular formula is C30H32O4. The van der Waals surface area contributed by atoms with Crippen molar-refractivity contribution in [2.45, 2.75) is 39.5 Å². The van der Waals surface area contributed by atoms with Crippen LogP contribution < -0.4 is 4.74 Å². The van der Waals surface area contributed by atoms with E-state index in [4.69, 9.17) is 9.47 Å². The molecular weight excluding hydrogens is 424 g/mol. The van der Waals surface area contributed by atoms with Gasteiger partial charge >= 0.3 is 11.9 Å². The highest BCUT2D eigenvalue weighted by Gasteiger charge is 2.46. The van der Waals surface area contributed by atoms with Crippen LogP contribution in [0.15, 0.2) is 72.3 Å². The van der Waals surface area contributed by atoms with E-state index in [1.54, 1.807) is 0 Å². The molecule has 4 unspecified atom stereocenters. The summed E-state index contributed by atoms with van der Waals surface area (Å²) in [5.74, 6) is 0.0283. The summed E-state index contributed by atoms with van der Waals surface area (Å²) >= 11 is 0. The smallest absolute Gasteiger partial charge is 0.309 e. The maximum atomic E-state index is 12.9. The minimum absolute atomic E-state index is 0.00137. The van der Waals surface area contributed by atoms with Gasteiger partial charge in [-0.3, -0.25) is 9.59 Å². The quantitative estimate of drug-likeness (QED) is 0.289. The van der Waals surface area contributed by atoms with Crippen molar-refractivity contribution >= 4 is 23.6 Å². The number of ether oxygens (including phenoxy) is 2. The van der Waals surface area contributed by atoms with E-state index in [0.717, 1.165) is 29.5 Å². The fourth-order valence-electron chi connectivity index (χ4n) is 5.54. The van der Waals surface area contributed by atoms with Crippen molar-refractivity contribution in [2.24, 2.45) is 17.8 Å². The summed E-state index contributed by atoms with van der Waals surface area (Å²) in [6.07, 6.45) is 6.38. The zero-order valence-corrected chi connectivity index (χ0v) is 20.3. The SMILES string of the molecule is C=C(C)c1cccc(/C=C2/CC3=CC(C)C(C(=O)OC)C(c4ccc(OC(C)=O)cc4)C3C2)c1. The summed E-state index contributed by atoms with van der Waals surface area (Å²) in [6.45, 7) is 9.57. The predicted octanol–water partition coefficient (Wildman–Crippen LogP) is 6.59. The van der Waals surface area contributed by atoms with Gasteiger partial charge in [0, 0.05) is 12.8 Å². The molecule has 1 saturated carbocycles. The van der Waals surface area contributed by atoms with Crippen LogP contribution in [0.4, 0.5) is 0 Å². The zero-order chi connectivity index (χ0) is 24.4. The first-order valence-electron chi connectivity index (χ1n) is 11.8. The van der Waals surface area contributed by atoms with E-state index >= 15 is 0 Å². The van der Waals surface area contributed by atoms with Crippen LogP contribution in [0.1, 0.15) is 56.2 Å². The van der Waals surface area contributed by atoms with E-state index < -0.39 is 0 Å². The summed E-state index contributed by atoms with van der Waals surface area (Å²) in [5.41, 5.74) is 7.21. The van der Waals surface area contributed by atoms with Gasteiger partial charge in [-0.05, 0) is 66.5 Å². The molecule has 0 N–H and O–H groups in total. The van der Waals surface area contributed by atoms with Gasteiger partial charge in [0.1, 0.15) is 5.75 Å². The number of carbonyl (C=O) groups excluding carboxylic acids is 2. The standard InChI is InChI=1S/C30H32O4/c1-18(2)24-8-6-7-21(15-24)14-22-16-25-13-19(3)28(30(32)33-5)29(27(25)17-22)23-9-11-26(12-10-23)34-20(4)31/h6-15,19,27-29H,1,16-17H2,2-5H3/b22-14-. The van der Waals surface area contributed by atoms with Crippen LogP contribution in [0.3, 0.4) is 0 Å². The average Bonchev–Trinajstić information content (AvgIpc) is 3.19. The Balaban J connectivity index is 1.69. The fraction of sp³-hybridized carbons (Fsp3) is 0.333. The van der Waals surface area contributed by atoms with Crippen LogP contribution in [-0.2, 0) is 14.3 Å². The lowest BCUT2D eigenvalue weighted by molar-refractivity contribution is -0.148. The van der Waals surface area contributed by atoms with Crippen molar-refractivity contribution in [3.05, 3.63) is 89.0 Å². The Morgan fingerprint density at radius 2 is 1.82 bits per heavy atom. The molecule has 176 valence electrons. The molecule has 2 aromatic rings. The van der Waals surface area contributed by atoms with Gasteiger partial charge < -0.3 is 9.47 Å². The van der Waals surface area contributed by atoms with Crippen molar-refractivity contribution in [2.75, 3.05) is 7.11 Å². The number of methoxy groups -OCH3 is 1. The molecule has 0 bridgehead atoms. The zero-order valence-electron chi connectivity index (χ0n) is 20.3. The predicted molar refractivity (Wildman–Crippen MR) is 135 cm³/mol. The molecule has 4 atom stereocenters. The van der Waals surface area contributed by atoms with E-state index in [-0.39, 0.29) is 35.6 Å². The van der Waals surface area contributed by atoms with Gasteiger partial charge in [0.2, 0.25) is 0 Å². The Bertz CT molecular complexity index is 1170. The Kier molecular flexibility index (Phi) is 6.87. The normalized spacial score (nSPS) is 24.8. The second-order valence-electron chi connectivity index (χ2n) is 9.53. The second-order valence-corrected chi connectivity index (χ2v) is 9.53. The monoisotopic (exact) mass is 456 g/mol. The Labute approximate surface area is 202 Å². The highest BCUT2D eigenvalue weighted by molar-refractivity contribution is 5.75. The van der Waals surface area contributed by atoms with Gasteiger partial charge in [0.25, 0.3) is 0 Å². The number of benzene rings is 2. The number of fused-ring (bicyclic) bond motifs is 1. The van der Waals surface area contributed by atoms with E-state index in [2.05, 4.69) is 49.9 Å². The maximum absolute atomic E-state index is 12.9. The first-order valence-corrected chi connectivity index (χ1v) is 11.8. The van der Waals surface area contributed by atoms with Crippen LogP contribution in [-0.4, -0.2) is 19.0 Å². The Morgan fingerprint density at radius 1 is 1.09 bits per heavy atom. The van der Waals surface area contributed by atoms with E-state index in [1.165, 1.54) is 30.7 Å². The molecule has 4 nitrogen and oxygen atoms in total. The minimum atomic E-state index is -0.349. The molecule has 0 heterocycles. The molecule has 0 aliphatic heterocycles. The number of hydrogen-bond donors (Lipinski definition) is 0. The van der Waals surface area contributed by atoms with Crippen molar-refractivity contribution in [1.82, 2.24) is 0 Å². The number of rotatable bonds is 5. The van der Waals surface area contributed by atoms with Crippen LogP contribution in [0.25, 0.3) is 11.6 Å². The van der Waals surface area contributed by atoms with Gasteiger partial charge in [-0.25, -0.2) is 0 Å². The Hall–Kier alpha value is -3.40. The molecule has 4 rings (SSSR count). The number of carbonyl (C=O) groups is 2. The lowest BCUT2D eigenvalue weighted by Gasteiger charge is -2.38. The molecule has 1 fully saturated rings. The van der Waals surface area contributed by atoms with E-state index in [9.17, 15) is 9.59 Å². The number of esters is 2. The van der Waals surface area contributed by atoms with Crippen LogP contribution in [0.5, 0.6) is 5.75 Å². The number of hydrogen-bond acceptors (Lipinski definition) is 4. The van der Waals surface area contributed by atoms with E-state index in [1.807, 2.05) is 31.2 Å². The van der Waals surface area contributed by atoms with E-state index in [0.29, 0.717) is 5.75 Å². The average molecular weight is 457 g/mol. The molecule has 0 amide bonds. The lowest BCUT2D eigenvalue weighted by Crippen LogP contribution is -2.36. The molecule has 0 saturated heterocycles. The third-order valence-electron chi connectivity index (χ3n) is 7.00. The highest BCUT2D eigenvalue weighted by atomic mass is 16.5. The summed E-state index contributed by atoms with van der Waals surface area (Å²) in [5, 5.41) is 0. The van der Waals surface area contributed by atoms with Crippen molar-refractivity contribution < 1.29 is 19.1 Å². The fourth-order valence-corrected chi connectivity index (χ4v) is 5.54. The topological polar surface area (TPSA) is 52.6 Å². The maximum Gasteiger partial charge on any atom is 0.309 e. The van der Waals surface area contributed by atoms with Crippen LogP contribution in [0.2, 0.25) is 0 Å². The molecule has 2 aliphatic carbocycles. The second kappa shape index (κ2) is 9.84. The Morgan fingerprint density at radius 3 is 2.47 bits per heavy atom. The van der Waals surface area contributed by atoms with Gasteiger partial charge in [-0.15, -0.1) is 0 Å². The van der Waals surface area contributed by atoms with Gasteiger partial charge in [-0.2, -0.15) is 0 Å². The largest absolute Gasteiger partial charge is 0.469 e. The van der Waals surface area contributed by atoms with Crippen molar-refractivity contribution in [1.29, 1.82) is 0 Å². The van der Waals surface area contributed by atoms with Gasteiger partial charge in [0.15, 0.2) is 0 Å². The first-order chi connectivity index (χ1) is 16.3.